The highest BCUT2D eigenvalue weighted by Gasteiger charge is 2.39. The molecule has 16 heteroatoms. The number of alkyl carbamates (subject to hydrolysis) is 2. The number of H-pyrrole nitrogens is 2. The minimum absolute atomic E-state index is 0.106. The van der Waals surface area contributed by atoms with E-state index in [1.807, 2.05) is 38.7 Å². The first kappa shape index (κ1) is 38.9. The number of carbonyl (C=O) groups excluding carboxylic acids is 4. The third-order valence-electron chi connectivity index (χ3n) is 10.4. The lowest BCUT2D eigenvalue weighted by Gasteiger charge is -2.29. The summed E-state index contributed by atoms with van der Waals surface area (Å²) in [7, 11) is 2.58. The maximum Gasteiger partial charge on any atom is 0.407 e. The van der Waals surface area contributed by atoms with Gasteiger partial charge < -0.3 is 39.9 Å². The molecular formula is C40H46N8O6S2. The second-order valence-corrected chi connectivity index (χ2v) is 17.0. The molecule has 0 bridgehead atoms. The minimum Gasteiger partial charge on any atom is -0.453 e. The van der Waals surface area contributed by atoms with Crippen molar-refractivity contribution < 1.29 is 28.7 Å². The van der Waals surface area contributed by atoms with Crippen LogP contribution in [0.2, 0.25) is 0 Å². The monoisotopic (exact) mass is 798 g/mol. The first-order valence-electron chi connectivity index (χ1n) is 18.8. The van der Waals surface area contributed by atoms with Crippen molar-refractivity contribution in [3.05, 3.63) is 58.7 Å². The highest BCUT2D eigenvalue weighted by atomic mass is 32.1. The number of amides is 4. The van der Waals surface area contributed by atoms with Crippen molar-refractivity contribution in [1.82, 2.24) is 40.4 Å². The number of benzene rings is 1. The number of hydrogen-bond donors (Lipinski definition) is 4. The summed E-state index contributed by atoms with van der Waals surface area (Å²) in [4.78, 5) is 72.9. The Balaban J connectivity index is 1.03. The molecule has 5 aromatic rings. The Labute approximate surface area is 332 Å². The van der Waals surface area contributed by atoms with Crippen LogP contribution in [0.3, 0.4) is 0 Å². The van der Waals surface area contributed by atoms with Gasteiger partial charge in [-0.15, -0.1) is 22.7 Å². The second-order valence-electron chi connectivity index (χ2n) is 14.8. The van der Waals surface area contributed by atoms with Crippen LogP contribution in [-0.2, 0) is 19.1 Å². The number of nitrogens with one attached hydrogen (secondary N) is 4. The Morgan fingerprint density at radius 3 is 2.00 bits per heavy atom. The van der Waals surface area contributed by atoms with Crippen LogP contribution < -0.4 is 10.6 Å². The molecule has 4 N–H and O–H groups in total. The summed E-state index contributed by atoms with van der Waals surface area (Å²) >= 11 is 3.33. The number of ether oxygens (including phenoxy) is 2. The van der Waals surface area contributed by atoms with Crippen molar-refractivity contribution in [2.24, 2.45) is 11.8 Å². The Hall–Kier alpha value is -5.40. The fourth-order valence-corrected chi connectivity index (χ4v) is 9.71. The van der Waals surface area contributed by atoms with Gasteiger partial charge in [-0.05, 0) is 79.2 Å². The van der Waals surface area contributed by atoms with Crippen molar-refractivity contribution >= 4 is 67.1 Å². The van der Waals surface area contributed by atoms with Crippen molar-refractivity contribution in [2.45, 2.75) is 77.5 Å². The van der Waals surface area contributed by atoms with Crippen LogP contribution in [0.25, 0.3) is 30.9 Å². The fraction of sp³-hybridized carbons (Fsp3) is 0.450. The zero-order chi connectivity index (χ0) is 39.7. The number of nitrogens with zero attached hydrogens (tertiary/aromatic N) is 4. The molecule has 4 aromatic heterocycles. The molecule has 2 aliphatic rings. The topological polar surface area (TPSA) is 175 Å². The van der Waals surface area contributed by atoms with Gasteiger partial charge in [0.2, 0.25) is 11.8 Å². The molecule has 2 saturated heterocycles. The number of carbonyl (C=O) groups is 4. The molecule has 56 heavy (non-hydrogen) atoms. The Morgan fingerprint density at radius 1 is 0.804 bits per heavy atom. The van der Waals surface area contributed by atoms with E-state index in [-0.39, 0.29) is 35.7 Å². The summed E-state index contributed by atoms with van der Waals surface area (Å²) in [5, 5.41) is 5.39. The number of rotatable bonds is 9. The SMILES string of the molecule is COC(=O)N[C@@H](C(=O)N1CCCC1c1nc2cc(-c3cc4sc(C#Cc5cnc([C@H]6CCCN6C(=O)[C@H](NC(=O)OC)C(C)C)[nH]5)cc4s3)ccc2[nH]1)C(C)C. The smallest absolute Gasteiger partial charge is 0.407 e. The largest absolute Gasteiger partial charge is 0.453 e. The molecule has 7 rings (SSSR count). The van der Waals surface area contributed by atoms with Gasteiger partial charge in [0.15, 0.2) is 0 Å². The van der Waals surface area contributed by atoms with Gasteiger partial charge in [-0.1, -0.05) is 33.8 Å². The Kier molecular flexibility index (Phi) is 11.4. The van der Waals surface area contributed by atoms with E-state index in [0.29, 0.717) is 24.6 Å². The van der Waals surface area contributed by atoms with Gasteiger partial charge in [0.25, 0.3) is 0 Å². The Bertz CT molecular complexity index is 2300. The highest BCUT2D eigenvalue weighted by Crippen LogP contribution is 2.40. The van der Waals surface area contributed by atoms with Gasteiger partial charge in [-0.2, -0.15) is 0 Å². The molecule has 1 aromatic carbocycles. The van der Waals surface area contributed by atoms with E-state index in [1.165, 1.54) is 14.2 Å². The number of likely N-dealkylation sites (tertiary alicyclic amines) is 2. The van der Waals surface area contributed by atoms with E-state index in [4.69, 9.17) is 14.5 Å². The predicted molar refractivity (Wildman–Crippen MR) is 215 cm³/mol. The van der Waals surface area contributed by atoms with E-state index in [2.05, 4.69) is 61.7 Å². The van der Waals surface area contributed by atoms with Crippen LogP contribution in [-0.4, -0.2) is 93.1 Å². The lowest BCUT2D eigenvalue weighted by molar-refractivity contribution is -0.136. The summed E-state index contributed by atoms with van der Waals surface area (Å²) in [6.07, 6.45) is 3.69. The third kappa shape index (κ3) is 7.96. The lowest BCUT2D eigenvalue weighted by atomic mass is 10.0. The molecule has 2 fully saturated rings. The summed E-state index contributed by atoms with van der Waals surface area (Å²) in [6.45, 7) is 8.77. The quantitative estimate of drug-likeness (QED) is 0.119. The first-order valence-corrected chi connectivity index (χ1v) is 20.5. The average Bonchev–Trinajstić information content (AvgIpc) is 4.03. The molecule has 1 unspecified atom stereocenters. The third-order valence-corrected chi connectivity index (χ3v) is 12.7. The first-order chi connectivity index (χ1) is 26.9. The van der Waals surface area contributed by atoms with Crippen molar-refractivity contribution in [3.8, 4) is 22.3 Å². The predicted octanol–water partition coefficient (Wildman–Crippen LogP) is 6.72. The van der Waals surface area contributed by atoms with Crippen molar-refractivity contribution in [2.75, 3.05) is 27.3 Å². The van der Waals surface area contributed by atoms with Gasteiger partial charge >= 0.3 is 12.2 Å². The number of aromatic nitrogens is 4. The van der Waals surface area contributed by atoms with E-state index < -0.39 is 24.3 Å². The molecular weight excluding hydrogens is 753 g/mol. The van der Waals surface area contributed by atoms with Crippen molar-refractivity contribution in [3.63, 3.8) is 0 Å². The minimum atomic E-state index is -0.693. The fourth-order valence-electron chi connectivity index (χ4n) is 7.46. The molecule has 2 aliphatic heterocycles. The number of imidazole rings is 2. The summed E-state index contributed by atoms with van der Waals surface area (Å²) in [5.41, 5.74) is 3.45. The summed E-state index contributed by atoms with van der Waals surface area (Å²) in [6, 6.07) is 8.67. The van der Waals surface area contributed by atoms with Gasteiger partial charge in [0, 0.05) is 27.4 Å². The van der Waals surface area contributed by atoms with Gasteiger partial charge in [-0.25, -0.2) is 19.6 Å². The van der Waals surface area contributed by atoms with Crippen LogP contribution in [0.4, 0.5) is 9.59 Å². The highest BCUT2D eigenvalue weighted by molar-refractivity contribution is 7.29. The second kappa shape index (κ2) is 16.4. The zero-order valence-corrected chi connectivity index (χ0v) is 33.9. The number of aromatic amines is 2. The van der Waals surface area contributed by atoms with Gasteiger partial charge in [0.05, 0.1) is 48.4 Å². The van der Waals surface area contributed by atoms with E-state index in [0.717, 1.165) is 67.3 Å². The molecule has 0 aliphatic carbocycles. The maximum absolute atomic E-state index is 13.6. The van der Waals surface area contributed by atoms with E-state index >= 15 is 0 Å². The maximum atomic E-state index is 13.6. The molecule has 14 nitrogen and oxygen atoms in total. The molecule has 0 spiro atoms. The summed E-state index contributed by atoms with van der Waals surface area (Å²) in [5.74, 6) is 7.40. The molecule has 4 amide bonds. The molecule has 4 atom stereocenters. The molecule has 0 radical (unpaired) electrons. The summed E-state index contributed by atoms with van der Waals surface area (Å²) < 4.78 is 11.8. The van der Waals surface area contributed by atoms with Crippen LogP contribution in [0, 0.1) is 23.7 Å². The van der Waals surface area contributed by atoms with Crippen LogP contribution in [0.5, 0.6) is 0 Å². The average molecular weight is 799 g/mol. The van der Waals surface area contributed by atoms with E-state index in [9.17, 15) is 19.2 Å². The standard InChI is InChI=1S/C40H46N8O6S2/c1-21(2)33(45-39(51)53-5)37(49)47-15-7-9-28(47)35-41-20-24(42-35)12-13-25-18-31-32(55-25)19-30(56-31)23-11-14-26-27(17-23)44-36(43-26)29-10-8-16-48(29)38(50)34(22(3)4)46-40(52)54-6/h11,14,17-22,28-29,33-34H,7-10,15-16H2,1-6H3,(H,41,42)(H,43,44)(H,45,51)(H,46,52)/t28-,29?,33-,34-/m1/s1. The number of hydrogen-bond acceptors (Lipinski definition) is 10. The number of fused-ring (bicyclic) bond motifs is 2. The van der Waals surface area contributed by atoms with Gasteiger partial charge in [0.1, 0.15) is 29.4 Å². The Morgan fingerprint density at radius 2 is 1.41 bits per heavy atom. The number of methoxy groups -OCH3 is 2. The molecule has 0 saturated carbocycles. The zero-order valence-electron chi connectivity index (χ0n) is 32.2. The van der Waals surface area contributed by atoms with E-state index in [1.54, 1.807) is 33.8 Å². The van der Waals surface area contributed by atoms with Crippen LogP contribution in [0.1, 0.15) is 87.7 Å². The van der Waals surface area contributed by atoms with Gasteiger partial charge in [-0.3, -0.25) is 9.59 Å². The molecule has 294 valence electrons. The van der Waals surface area contributed by atoms with Crippen molar-refractivity contribution in [1.29, 1.82) is 0 Å². The van der Waals surface area contributed by atoms with Crippen LogP contribution >= 0.6 is 22.7 Å². The number of thiophene rings is 2. The lowest BCUT2D eigenvalue weighted by Crippen LogP contribution is -2.51. The molecule has 6 heterocycles. The van der Waals surface area contributed by atoms with Crippen LogP contribution in [0.15, 0.2) is 36.5 Å². The normalized spacial score (nSPS) is 18.0.